The Balaban J connectivity index is 1.88. The number of carboxylic acid groups (broad SMARTS) is 1. The predicted octanol–water partition coefficient (Wildman–Crippen LogP) is 4.89. The number of carboxylic acids is 1. The van der Waals surface area contributed by atoms with E-state index in [9.17, 15) is 18.7 Å². The van der Waals surface area contributed by atoms with Crippen molar-refractivity contribution in [3.63, 3.8) is 0 Å². The van der Waals surface area contributed by atoms with Crippen LogP contribution in [0, 0.1) is 11.6 Å². The third-order valence-electron chi connectivity index (χ3n) is 4.31. The van der Waals surface area contributed by atoms with Gasteiger partial charge in [0, 0.05) is 24.4 Å². The minimum Gasteiger partial charge on any atom is -0.479 e. The number of nitrogens with zero attached hydrogens (tertiary/aromatic N) is 1. The average molecular weight is 493 g/mol. The van der Waals surface area contributed by atoms with E-state index < -0.39 is 35.5 Å². The van der Waals surface area contributed by atoms with E-state index in [1.165, 1.54) is 0 Å². The number of ether oxygens (including phenoxy) is 2. The standard InChI is InChI=1S/C22H19BrF2N2O4/c23-8-7-19(22(28)29)31-21-18(25)11-17(24)20(27-21)30-16-6-2-5-15(10-16)14-4-1-3-13(9-14)12-26/h1-6,9-11,19H,7-8,12,26H2,(H,28,29). The van der Waals surface area contributed by atoms with E-state index in [0.717, 1.165) is 16.7 Å². The van der Waals surface area contributed by atoms with Gasteiger partial charge in [-0.25, -0.2) is 13.6 Å². The van der Waals surface area contributed by atoms with Crippen LogP contribution in [0.2, 0.25) is 0 Å². The molecule has 9 heteroatoms. The van der Waals surface area contributed by atoms with Crippen molar-refractivity contribution in [1.82, 2.24) is 4.98 Å². The summed E-state index contributed by atoms with van der Waals surface area (Å²) in [6.07, 6.45) is -1.29. The molecule has 0 aliphatic rings. The third-order valence-corrected chi connectivity index (χ3v) is 4.77. The summed E-state index contributed by atoms with van der Waals surface area (Å²) in [6, 6.07) is 15.0. The molecule has 3 N–H and O–H groups in total. The fraction of sp³-hybridized carbons (Fsp3) is 0.182. The van der Waals surface area contributed by atoms with Gasteiger partial charge in [-0.2, -0.15) is 4.98 Å². The van der Waals surface area contributed by atoms with Crippen molar-refractivity contribution in [2.24, 2.45) is 5.73 Å². The normalized spacial score (nSPS) is 11.7. The number of halogens is 3. The van der Waals surface area contributed by atoms with Crippen molar-refractivity contribution < 1.29 is 28.2 Å². The second kappa shape index (κ2) is 10.3. The summed E-state index contributed by atoms with van der Waals surface area (Å²) in [6.45, 7) is 0.393. The zero-order valence-electron chi connectivity index (χ0n) is 16.2. The molecular weight excluding hydrogens is 474 g/mol. The number of aromatic nitrogens is 1. The molecule has 0 bridgehead atoms. The van der Waals surface area contributed by atoms with Gasteiger partial charge in [0.25, 0.3) is 11.8 Å². The van der Waals surface area contributed by atoms with Crippen LogP contribution in [0.1, 0.15) is 12.0 Å². The van der Waals surface area contributed by atoms with Gasteiger partial charge in [-0.15, -0.1) is 0 Å². The summed E-state index contributed by atoms with van der Waals surface area (Å²) < 4.78 is 39.0. The maximum Gasteiger partial charge on any atom is 0.344 e. The molecule has 1 unspecified atom stereocenters. The van der Waals surface area contributed by atoms with Crippen LogP contribution < -0.4 is 15.2 Å². The largest absolute Gasteiger partial charge is 0.479 e. The Bertz CT molecular complexity index is 1080. The predicted molar refractivity (Wildman–Crippen MR) is 114 cm³/mol. The van der Waals surface area contributed by atoms with Gasteiger partial charge in [0.1, 0.15) is 5.75 Å². The van der Waals surface area contributed by atoms with E-state index >= 15 is 0 Å². The van der Waals surface area contributed by atoms with Crippen molar-refractivity contribution in [3.8, 4) is 28.6 Å². The molecule has 162 valence electrons. The number of hydrogen-bond acceptors (Lipinski definition) is 5. The number of carbonyl (C=O) groups is 1. The highest BCUT2D eigenvalue weighted by molar-refractivity contribution is 9.09. The van der Waals surface area contributed by atoms with Gasteiger partial charge in [0.2, 0.25) is 0 Å². The number of benzene rings is 2. The number of alkyl halides is 1. The van der Waals surface area contributed by atoms with Crippen LogP contribution in [0.25, 0.3) is 11.1 Å². The van der Waals surface area contributed by atoms with Crippen LogP contribution >= 0.6 is 15.9 Å². The van der Waals surface area contributed by atoms with E-state index in [2.05, 4.69) is 20.9 Å². The minimum atomic E-state index is -1.35. The Kier molecular flexibility index (Phi) is 7.54. The lowest BCUT2D eigenvalue weighted by molar-refractivity contribution is -0.145. The first kappa shape index (κ1) is 22.6. The van der Waals surface area contributed by atoms with E-state index in [1.807, 2.05) is 30.3 Å². The molecular formula is C22H19BrF2N2O4. The molecule has 3 aromatic rings. The van der Waals surface area contributed by atoms with Crippen LogP contribution in [0.3, 0.4) is 0 Å². The van der Waals surface area contributed by atoms with E-state index in [-0.39, 0.29) is 12.2 Å². The van der Waals surface area contributed by atoms with Gasteiger partial charge in [-0.05, 0) is 34.9 Å². The van der Waals surface area contributed by atoms with Gasteiger partial charge in [-0.3, -0.25) is 0 Å². The van der Waals surface area contributed by atoms with Crippen molar-refractivity contribution in [2.75, 3.05) is 5.33 Å². The molecule has 0 saturated heterocycles. The van der Waals surface area contributed by atoms with Crippen LogP contribution in [0.15, 0.2) is 54.6 Å². The van der Waals surface area contributed by atoms with Gasteiger partial charge in [0.05, 0.1) is 0 Å². The summed E-state index contributed by atoms with van der Waals surface area (Å²) in [7, 11) is 0. The van der Waals surface area contributed by atoms with E-state index in [1.54, 1.807) is 18.2 Å². The molecule has 31 heavy (non-hydrogen) atoms. The van der Waals surface area contributed by atoms with E-state index in [4.69, 9.17) is 15.2 Å². The molecule has 0 aliphatic heterocycles. The minimum absolute atomic E-state index is 0.0634. The molecule has 0 spiro atoms. The van der Waals surface area contributed by atoms with Gasteiger partial charge in [-0.1, -0.05) is 46.3 Å². The molecule has 6 nitrogen and oxygen atoms in total. The number of nitrogens with two attached hydrogens (primary N) is 1. The first-order valence-corrected chi connectivity index (χ1v) is 10.4. The van der Waals surface area contributed by atoms with Gasteiger partial charge in [0.15, 0.2) is 17.7 Å². The maximum absolute atomic E-state index is 14.3. The zero-order chi connectivity index (χ0) is 22.4. The molecule has 0 aliphatic carbocycles. The molecule has 0 radical (unpaired) electrons. The van der Waals surface area contributed by atoms with Crippen LogP contribution in [0.5, 0.6) is 17.5 Å². The van der Waals surface area contributed by atoms with Crippen LogP contribution in [-0.4, -0.2) is 27.5 Å². The average Bonchev–Trinajstić information content (AvgIpc) is 2.76. The topological polar surface area (TPSA) is 94.7 Å². The molecule has 0 amide bonds. The Labute approximate surface area is 185 Å². The summed E-state index contributed by atoms with van der Waals surface area (Å²) in [5, 5.41) is 9.50. The Hall–Kier alpha value is -3.04. The lowest BCUT2D eigenvalue weighted by Gasteiger charge is -2.15. The first-order valence-electron chi connectivity index (χ1n) is 9.30. The lowest BCUT2D eigenvalue weighted by Crippen LogP contribution is -2.28. The second-order valence-electron chi connectivity index (χ2n) is 6.52. The van der Waals surface area contributed by atoms with Crippen molar-refractivity contribution in [3.05, 3.63) is 71.8 Å². The van der Waals surface area contributed by atoms with E-state index in [0.29, 0.717) is 17.9 Å². The number of pyridine rings is 1. The number of hydrogen-bond donors (Lipinski definition) is 2. The Morgan fingerprint density at radius 3 is 2.42 bits per heavy atom. The van der Waals surface area contributed by atoms with Crippen molar-refractivity contribution >= 4 is 21.9 Å². The Morgan fingerprint density at radius 2 is 1.74 bits per heavy atom. The lowest BCUT2D eigenvalue weighted by atomic mass is 10.0. The third kappa shape index (κ3) is 5.77. The first-order chi connectivity index (χ1) is 14.9. The highest BCUT2D eigenvalue weighted by Crippen LogP contribution is 2.30. The molecule has 0 fully saturated rings. The fourth-order valence-corrected chi connectivity index (χ4v) is 3.20. The molecule has 0 saturated carbocycles. The molecule has 1 heterocycles. The summed E-state index contributed by atoms with van der Waals surface area (Å²) in [4.78, 5) is 15.0. The van der Waals surface area contributed by atoms with Crippen LogP contribution in [-0.2, 0) is 11.3 Å². The maximum atomic E-state index is 14.3. The molecule has 1 aromatic heterocycles. The number of rotatable bonds is 9. The van der Waals surface area contributed by atoms with Gasteiger partial charge >= 0.3 is 5.97 Å². The smallest absolute Gasteiger partial charge is 0.344 e. The fourth-order valence-electron chi connectivity index (χ4n) is 2.78. The second-order valence-corrected chi connectivity index (χ2v) is 7.31. The summed E-state index contributed by atoms with van der Waals surface area (Å²) in [5.41, 5.74) is 8.33. The number of aliphatic carboxylic acids is 1. The molecule has 1 atom stereocenters. The van der Waals surface area contributed by atoms with Crippen LogP contribution in [0.4, 0.5) is 8.78 Å². The Morgan fingerprint density at radius 1 is 1.06 bits per heavy atom. The molecule has 3 rings (SSSR count). The summed E-state index contributed by atoms with van der Waals surface area (Å²) in [5.74, 6) is -4.40. The van der Waals surface area contributed by atoms with Crippen molar-refractivity contribution in [2.45, 2.75) is 19.1 Å². The zero-order valence-corrected chi connectivity index (χ0v) is 17.8. The van der Waals surface area contributed by atoms with Gasteiger partial charge < -0.3 is 20.3 Å². The summed E-state index contributed by atoms with van der Waals surface area (Å²) >= 11 is 3.11. The monoisotopic (exact) mass is 492 g/mol. The van der Waals surface area contributed by atoms with Crippen molar-refractivity contribution in [1.29, 1.82) is 0 Å². The molecule has 2 aromatic carbocycles. The highest BCUT2D eigenvalue weighted by Gasteiger charge is 2.23. The highest BCUT2D eigenvalue weighted by atomic mass is 79.9. The SMILES string of the molecule is NCc1cccc(-c2cccc(Oc3nc(OC(CCBr)C(=O)O)c(F)cc3F)c2)c1. The quantitative estimate of drug-likeness (QED) is 0.412.